The zero-order valence-corrected chi connectivity index (χ0v) is 22.0. The van der Waals surface area contributed by atoms with Crippen LogP contribution >= 0.6 is 0 Å². The number of aromatic amines is 2. The van der Waals surface area contributed by atoms with Gasteiger partial charge in [0.1, 0.15) is 11.5 Å². The maximum atomic E-state index is 9.38. The van der Waals surface area contributed by atoms with Crippen LogP contribution in [0.5, 0.6) is 0 Å². The molecule has 1 aliphatic heterocycles. The lowest BCUT2D eigenvalue weighted by Crippen LogP contribution is -2.32. The number of nitrogens with one attached hydrogen (secondary N) is 2. The predicted molar refractivity (Wildman–Crippen MR) is 154 cm³/mol. The van der Waals surface area contributed by atoms with Crippen LogP contribution in [0.25, 0.3) is 39.7 Å². The molecule has 7 rings (SSSR count). The van der Waals surface area contributed by atoms with E-state index in [0.29, 0.717) is 11.5 Å². The number of likely N-dealkylation sites (tertiary alicyclic amines) is 1. The number of nitriles is 1. The van der Waals surface area contributed by atoms with Crippen LogP contribution in [0.1, 0.15) is 35.7 Å². The Balaban J connectivity index is 1.07. The van der Waals surface area contributed by atoms with Crippen molar-refractivity contribution in [2.24, 2.45) is 0 Å². The first-order valence-electron chi connectivity index (χ1n) is 13.6. The molecule has 196 valence electrons. The minimum Gasteiger partial charge on any atom is -0.359 e. The number of imidazole rings is 1. The summed E-state index contributed by atoms with van der Waals surface area (Å²) in [5.41, 5.74) is 7.72. The summed E-state index contributed by atoms with van der Waals surface area (Å²) in [7, 11) is 0. The van der Waals surface area contributed by atoms with E-state index >= 15 is 0 Å². The van der Waals surface area contributed by atoms with Crippen LogP contribution in [0.2, 0.25) is 0 Å². The Morgan fingerprint density at radius 1 is 0.900 bits per heavy atom. The Bertz CT molecular complexity index is 1780. The number of pyridine rings is 1. The van der Waals surface area contributed by atoms with E-state index in [1.165, 1.54) is 5.56 Å². The van der Waals surface area contributed by atoms with Crippen LogP contribution in [0.4, 0.5) is 0 Å². The molecule has 4 aromatic heterocycles. The van der Waals surface area contributed by atoms with Gasteiger partial charge in [0, 0.05) is 36.0 Å². The molecule has 6 aromatic rings. The second-order valence-corrected chi connectivity index (χ2v) is 10.3. The van der Waals surface area contributed by atoms with Crippen molar-refractivity contribution in [1.29, 1.82) is 5.26 Å². The molecule has 0 aliphatic carbocycles. The molecule has 0 amide bonds. The first-order chi connectivity index (χ1) is 19.7. The quantitative estimate of drug-likeness (QED) is 0.277. The molecule has 0 saturated carbocycles. The lowest BCUT2D eigenvalue weighted by molar-refractivity contribution is 0.202. The minimum absolute atomic E-state index is 0.405. The lowest BCUT2D eigenvalue weighted by Gasteiger charge is -2.30. The Labute approximate surface area is 232 Å². The van der Waals surface area contributed by atoms with Crippen molar-refractivity contribution in [3.05, 3.63) is 108 Å². The van der Waals surface area contributed by atoms with E-state index in [9.17, 15) is 5.26 Å². The first kappa shape index (κ1) is 24.1. The Hall–Kier alpha value is -5.00. The molecule has 0 spiro atoms. The summed E-state index contributed by atoms with van der Waals surface area (Å²) in [5.74, 6) is 2.19. The van der Waals surface area contributed by atoms with Gasteiger partial charge < -0.3 is 9.97 Å². The summed E-state index contributed by atoms with van der Waals surface area (Å²) in [5, 5.41) is 18.1. The molecular weight excluding hydrogens is 496 g/mol. The topological polar surface area (TPSA) is 102 Å². The number of piperidine rings is 1. The second-order valence-electron chi connectivity index (χ2n) is 10.3. The Morgan fingerprint density at radius 2 is 1.73 bits per heavy atom. The maximum Gasteiger partial charge on any atom is 0.177 e. The molecule has 5 heterocycles. The lowest BCUT2D eigenvalue weighted by atomic mass is 9.95. The van der Waals surface area contributed by atoms with Gasteiger partial charge in [0.2, 0.25) is 0 Å². The summed E-state index contributed by atoms with van der Waals surface area (Å²) in [6.07, 6.45) is 5.95. The highest BCUT2D eigenvalue weighted by Crippen LogP contribution is 2.33. The number of H-pyrrole nitrogens is 2. The van der Waals surface area contributed by atoms with Gasteiger partial charge in [-0.25, -0.2) is 4.98 Å². The third-order valence-corrected chi connectivity index (χ3v) is 7.77. The van der Waals surface area contributed by atoms with E-state index in [2.05, 4.69) is 71.9 Å². The van der Waals surface area contributed by atoms with Crippen molar-refractivity contribution >= 4 is 5.65 Å². The minimum atomic E-state index is 0.405. The smallest absolute Gasteiger partial charge is 0.177 e. The number of benzene rings is 2. The zero-order chi connectivity index (χ0) is 26.9. The molecule has 2 aromatic carbocycles. The van der Waals surface area contributed by atoms with Gasteiger partial charge >= 0.3 is 0 Å². The van der Waals surface area contributed by atoms with Gasteiger partial charge in [-0.05, 0) is 55.8 Å². The van der Waals surface area contributed by atoms with E-state index in [1.807, 2.05) is 54.9 Å². The van der Waals surface area contributed by atoms with E-state index in [-0.39, 0.29) is 0 Å². The molecule has 0 unspecified atom stereocenters. The zero-order valence-electron chi connectivity index (χ0n) is 22.0. The SMILES string of the molecule is N#Cc1ccn2c(-c3ccccc3)c(-c3ccc(CN4CCC(c5nnc(-c6ccc[nH]6)[nH]5)CC4)cc3)nc2c1. The normalized spacial score (nSPS) is 14.5. The molecule has 1 aliphatic rings. The summed E-state index contributed by atoms with van der Waals surface area (Å²) in [6.45, 7) is 2.97. The molecule has 0 atom stereocenters. The highest BCUT2D eigenvalue weighted by atomic mass is 15.2. The van der Waals surface area contributed by atoms with Crippen molar-refractivity contribution < 1.29 is 0 Å². The number of fused-ring (bicyclic) bond motifs is 1. The standard InChI is InChI=1S/C32H28N8/c33-20-23-12-18-40-28(19-23)35-29(30(40)25-5-2-1-3-6-25)24-10-8-22(9-11-24)21-39-16-13-26(14-17-39)31-36-32(38-37-31)27-7-4-15-34-27/h1-12,15,18-19,26,34H,13-14,16-17,21H2,(H,36,37,38). The van der Waals surface area contributed by atoms with Gasteiger partial charge in [0.15, 0.2) is 5.82 Å². The fourth-order valence-corrected chi connectivity index (χ4v) is 5.64. The number of hydrogen-bond acceptors (Lipinski definition) is 5. The third kappa shape index (κ3) is 4.57. The van der Waals surface area contributed by atoms with E-state index in [0.717, 1.165) is 78.0 Å². The molecule has 1 saturated heterocycles. The van der Waals surface area contributed by atoms with Gasteiger partial charge in [-0.3, -0.25) is 9.30 Å². The van der Waals surface area contributed by atoms with Crippen molar-refractivity contribution in [3.8, 4) is 40.1 Å². The summed E-state index contributed by atoms with van der Waals surface area (Å²) >= 11 is 0. The number of hydrogen-bond donors (Lipinski definition) is 2. The summed E-state index contributed by atoms with van der Waals surface area (Å²) < 4.78 is 2.07. The van der Waals surface area contributed by atoms with Gasteiger partial charge in [0.25, 0.3) is 0 Å². The maximum absolute atomic E-state index is 9.38. The van der Waals surface area contributed by atoms with Gasteiger partial charge in [-0.2, -0.15) is 5.26 Å². The molecule has 8 heteroatoms. The van der Waals surface area contributed by atoms with E-state index in [4.69, 9.17) is 4.98 Å². The predicted octanol–water partition coefficient (Wildman–Crippen LogP) is 6.03. The van der Waals surface area contributed by atoms with Crippen molar-refractivity contribution in [1.82, 2.24) is 34.4 Å². The molecular formula is C32H28N8. The highest BCUT2D eigenvalue weighted by molar-refractivity contribution is 5.82. The van der Waals surface area contributed by atoms with E-state index < -0.39 is 0 Å². The molecule has 8 nitrogen and oxygen atoms in total. The fourth-order valence-electron chi connectivity index (χ4n) is 5.64. The van der Waals surface area contributed by atoms with Crippen molar-refractivity contribution in [2.75, 3.05) is 13.1 Å². The van der Waals surface area contributed by atoms with Gasteiger partial charge in [0.05, 0.1) is 28.7 Å². The molecule has 0 radical (unpaired) electrons. The van der Waals surface area contributed by atoms with Crippen LogP contribution in [0.15, 0.2) is 91.3 Å². The Morgan fingerprint density at radius 3 is 2.48 bits per heavy atom. The van der Waals surface area contributed by atoms with Crippen molar-refractivity contribution in [3.63, 3.8) is 0 Å². The number of aromatic nitrogens is 6. The highest BCUT2D eigenvalue weighted by Gasteiger charge is 2.24. The molecule has 0 bridgehead atoms. The van der Waals surface area contributed by atoms with Crippen LogP contribution in [0, 0.1) is 11.3 Å². The second kappa shape index (κ2) is 10.3. The van der Waals surface area contributed by atoms with Crippen molar-refractivity contribution in [2.45, 2.75) is 25.3 Å². The summed E-state index contributed by atoms with van der Waals surface area (Å²) in [6, 6.07) is 28.9. The van der Waals surface area contributed by atoms with Gasteiger partial charge in [-0.15, -0.1) is 10.2 Å². The third-order valence-electron chi connectivity index (χ3n) is 7.77. The fraction of sp³-hybridized carbons (Fsp3) is 0.188. The van der Waals surface area contributed by atoms with E-state index in [1.54, 1.807) is 0 Å². The van der Waals surface area contributed by atoms with Crippen LogP contribution in [0.3, 0.4) is 0 Å². The first-order valence-corrected chi connectivity index (χ1v) is 13.6. The molecule has 40 heavy (non-hydrogen) atoms. The monoisotopic (exact) mass is 524 g/mol. The number of rotatable bonds is 6. The van der Waals surface area contributed by atoms with Crippen LogP contribution < -0.4 is 0 Å². The molecule has 1 fully saturated rings. The average Bonchev–Trinajstić information content (AvgIpc) is 3.78. The average molecular weight is 525 g/mol. The summed E-state index contributed by atoms with van der Waals surface area (Å²) in [4.78, 5) is 14.1. The largest absolute Gasteiger partial charge is 0.359 e. The molecule has 2 N–H and O–H groups in total. The van der Waals surface area contributed by atoms with Gasteiger partial charge in [-0.1, -0.05) is 54.6 Å². The van der Waals surface area contributed by atoms with Crippen LogP contribution in [-0.2, 0) is 6.54 Å². The number of nitrogens with zero attached hydrogens (tertiary/aromatic N) is 6. The Kier molecular flexibility index (Phi) is 6.19. The van der Waals surface area contributed by atoms with Crippen LogP contribution in [-0.4, -0.2) is 47.5 Å².